The van der Waals surface area contributed by atoms with E-state index in [0.717, 1.165) is 17.1 Å². The predicted octanol–water partition coefficient (Wildman–Crippen LogP) is 3.61. The van der Waals surface area contributed by atoms with Crippen molar-refractivity contribution in [2.45, 2.75) is 0 Å². The number of thiophene rings is 1. The lowest BCUT2D eigenvalue weighted by molar-refractivity contribution is 0.414. The molecular formula is C14H12N2OS. The van der Waals surface area contributed by atoms with Gasteiger partial charge in [0.25, 0.3) is 0 Å². The number of aromatic nitrogens is 2. The molecule has 1 aromatic carbocycles. The smallest absolute Gasteiger partial charge is 0.119 e. The molecule has 3 aromatic rings. The summed E-state index contributed by atoms with van der Waals surface area (Å²) in [5.41, 5.74) is 2.14. The van der Waals surface area contributed by atoms with Gasteiger partial charge in [0.05, 0.1) is 29.6 Å². The number of rotatable bonds is 3. The van der Waals surface area contributed by atoms with Crippen molar-refractivity contribution in [3.8, 4) is 22.0 Å². The molecule has 3 nitrogen and oxygen atoms in total. The Labute approximate surface area is 109 Å². The second-order valence-corrected chi connectivity index (χ2v) is 4.75. The molecule has 0 atom stereocenters. The molecule has 0 fully saturated rings. The normalized spacial score (nSPS) is 10.5. The predicted molar refractivity (Wildman–Crippen MR) is 73.4 cm³/mol. The van der Waals surface area contributed by atoms with Crippen molar-refractivity contribution < 1.29 is 4.74 Å². The highest BCUT2D eigenvalue weighted by Gasteiger charge is 2.07. The van der Waals surface area contributed by atoms with Crippen molar-refractivity contribution in [2.75, 3.05) is 7.11 Å². The largest absolute Gasteiger partial charge is 0.497 e. The molecule has 90 valence electrons. The van der Waals surface area contributed by atoms with Crippen LogP contribution in [0.4, 0.5) is 0 Å². The minimum Gasteiger partial charge on any atom is -0.497 e. The Balaban J connectivity index is 2.04. The van der Waals surface area contributed by atoms with Crippen LogP contribution in [0.5, 0.6) is 5.75 Å². The summed E-state index contributed by atoms with van der Waals surface area (Å²) >= 11 is 1.71. The van der Waals surface area contributed by atoms with Gasteiger partial charge < -0.3 is 4.74 Å². The molecule has 2 aromatic heterocycles. The van der Waals surface area contributed by atoms with Crippen LogP contribution in [0.15, 0.2) is 54.0 Å². The molecule has 0 spiro atoms. The summed E-state index contributed by atoms with van der Waals surface area (Å²) in [7, 11) is 1.67. The minimum atomic E-state index is 0.851. The highest BCUT2D eigenvalue weighted by atomic mass is 32.1. The van der Waals surface area contributed by atoms with Crippen LogP contribution >= 0.6 is 11.3 Å². The Bertz CT molecular complexity index is 626. The molecular weight excluding hydrogens is 244 g/mol. The second kappa shape index (κ2) is 4.66. The maximum atomic E-state index is 5.16. The van der Waals surface area contributed by atoms with Crippen LogP contribution in [-0.4, -0.2) is 16.9 Å². The van der Waals surface area contributed by atoms with Gasteiger partial charge in [-0.1, -0.05) is 6.07 Å². The van der Waals surface area contributed by atoms with Gasteiger partial charge in [-0.15, -0.1) is 11.3 Å². The van der Waals surface area contributed by atoms with E-state index in [4.69, 9.17) is 4.74 Å². The van der Waals surface area contributed by atoms with E-state index >= 15 is 0 Å². The summed E-state index contributed by atoms with van der Waals surface area (Å²) in [5.74, 6) is 0.851. The maximum absolute atomic E-state index is 5.16. The summed E-state index contributed by atoms with van der Waals surface area (Å²) < 4.78 is 7.10. The molecule has 2 heterocycles. The molecule has 0 unspecified atom stereocenters. The summed E-state index contributed by atoms with van der Waals surface area (Å²) in [6.07, 6.45) is 1.82. The molecule has 0 bridgehead atoms. The highest BCUT2D eigenvalue weighted by molar-refractivity contribution is 7.13. The average molecular weight is 256 g/mol. The second-order valence-electron chi connectivity index (χ2n) is 3.80. The Morgan fingerprint density at radius 1 is 1.11 bits per heavy atom. The van der Waals surface area contributed by atoms with Crippen LogP contribution in [0.2, 0.25) is 0 Å². The van der Waals surface area contributed by atoms with Crippen molar-refractivity contribution in [1.29, 1.82) is 0 Å². The van der Waals surface area contributed by atoms with Crippen LogP contribution in [0.1, 0.15) is 0 Å². The van der Waals surface area contributed by atoms with E-state index in [0.29, 0.717) is 0 Å². The zero-order valence-electron chi connectivity index (χ0n) is 9.91. The van der Waals surface area contributed by atoms with Crippen LogP contribution in [-0.2, 0) is 0 Å². The molecule has 0 aliphatic rings. The van der Waals surface area contributed by atoms with Gasteiger partial charge in [0, 0.05) is 0 Å². The standard InChI is InChI=1S/C14H12N2OS/c1-17-12-6-4-11(5-7-12)16-13(8-9-15-16)14-3-2-10-18-14/h2-10H,1H3. The van der Waals surface area contributed by atoms with Gasteiger partial charge in [0.15, 0.2) is 0 Å². The van der Waals surface area contributed by atoms with E-state index < -0.39 is 0 Å². The van der Waals surface area contributed by atoms with Gasteiger partial charge in [-0.25, -0.2) is 4.68 Å². The molecule has 0 amide bonds. The van der Waals surface area contributed by atoms with Crippen molar-refractivity contribution in [3.05, 3.63) is 54.0 Å². The lowest BCUT2D eigenvalue weighted by Gasteiger charge is -2.07. The summed E-state index contributed by atoms with van der Waals surface area (Å²) in [6.45, 7) is 0. The first kappa shape index (κ1) is 11.0. The first-order chi connectivity index (χ1) is 8.88. The fraction of sp³-hybridized carbons (Fsp3) is 0.0714. The maximum Gasteiger partial charge on any atom is 0.119 e. The zero-order chi connectivity index (χ0) is 12.4. The van der Waals surface area contributed by atoms with E-state index in [1.54, 1.807) is 18.4 Å². The fourth-order valence-electron chi connectivity index (χ4n) is 1.84. The molecule has 0 radical (unpaired) electrons. The van der Waals surface area contributed by atoms with E-state index in [9.17, 15) is 0 Å². The van der Waals surface area contributed by atoms with Crippen molar-refractivity contribution in [2.24, 2.45) is 0 Å². The van der Waals surface area contributed by atoms with Gasteiger partial charge >= 0.3 is 0 Å². The number of hydrogen-bond acceptors (Lipinski definition) is 3. The Morgan fingerprint density at radius 2 is 1.94 bits per heavy atom. The molecule has 0 saturated carbocycles. The van der Waals surface area contributed by atoms with Crippen LogP contribution < -0.4 is 4.74 Å². The molecule has 3 rings (SSSR count). The lowest BCUT2D eigenvalue weighted by atomic mass is 10.3. The molecule has 18 heavy (non-hydrogen) atoms. The highest BCUT2D eigenvalue weighted by Crippen LogP contribution is 2.27. The van der Waals surface area contributed by atoms with Gasteiger partial charge in [0.2, 0.25) is 0 Å². The van der Waals surface area contributed by atoms with E-state index in [-0.39, 0.29) is 0 Å². The van der Waals surface area contributed by atoms with Crippen LogP contribution in [0.3, 0.4) is 0 Å². The average Bonchev–Trinajstić information content (AvgIpc) is 3.09. The molecule has 0 aliphatic heterocycles. The quantitative estimate of drug-likeness (QED) is 0.715. The van der Waals surface area contributed by atoms with Crippen LogP contribution in [0, 0.1) is 0 Å². The van der Waals surface area contributed by atoms with E-state index in [1.165, 1.54) is 4.88 Å². The van der Waals surface area contributed by atoms with E-state index in [1.807, 2.05) is 47.3 Å². The Morgan fingerprint density at radius 3 is 2.61 bits per heavy atom. The monoisotopic (exact) mass is 256 g/mol. The minimum absolute atomic E-state index is 0.851. The van der Waals surface area contributed by atoms with Gasteiger partial charge in [-0.2, -0.15) is 5.10 Å². The zero-order valence-corrected chi connectivity index (χ0v) is 10.7. The molecule has 0 saturated heterocycles. The Kier molecular flexibility index (Phi) is 2.86. The molecule has 4 heteroatoms. The first-order valence-corrected chi connectivity index (χ1v) is 6.49. The summed E-state index contributed by atoms with van der Waals surface area (Å²) in [6, 6.07) is 14.1. The summed E-state index contributed by atoms with van der Waals surface area (Å²) in [5, 5.41) is 6.45. The SMILES string of the molecule is COc1ccc(-n2nccc2-c2cccs2)cc1. The third-order valence-electron chi connectivity index (χ3n) is 2.73. The third-order valence-corrected chi connectivity index (χ3v) is 3.63. The number of nitrogens with zero attached hydrogens (tertiary/aromatic N) is 2. The summed E-state index contributed by atoms with van der Waals surface area (Å²) in [4.78, 5) is 1.21. The van der Waals surface area contributed by atoms with E-state index in [2.05, 4.69) is 16.5 Å². The Hall–Kier alpha value is -2.07. The fourth-order valence-corrected chi connectivity index (χ4v) is 2.58. The number of ether oxygens (including phenoxy) is 1. The number of hydrogen-bond donors (Lipinski definition) is 0. The number of methoxy groups -OCH3 is 1. The first-order valence-electron chi connectivity index (χ1n) is 5.61. The van der Waals surface area contributed by atoms with Crippen LogP contribution in [0.25, 0.3) is 16.3 Å². The van der Waals surface area contributed by atoms with Gasteiger partial charge in [-0.3, -0.25) is 0 Å². The lowest BCUT2D eigenvalue weighted by Crippen LogP contribution is -1.97. The van der Waals surface area contributed by atoms with Crippen molar-refractivity contribution >= 4 is 11.3 Å². The molecule has 0 N–H and O–H groups in total. The molecule has 0 aliphatic carbocycles. The van der Waals surface area contributed by atoms with Gasteiger partial charge in [0.1, 0.15) is 5.75 Å². The third kappa shape index (κ3) is 1.91. The topological polar surface area (TPSA) is 27.1 Å². The van der Waals surface area contributed by atoms with Crippen molar-refractivity contribution in [3.63, 3.8) is 0 Å². The number of benzene rings is 1. The van der Waals surface area contributed by atoms with Crippen molar-refractivity contribution in [1.82, 2.24) is 9.78 Å². The van der Waals surface area contributed by atoms with Gasteiger partial charge in [-0.05, 0) is 41.8 Å².